The lowest BCUT2D eigenvalue weighted by Gasteiger charge is -2.07. The molecule has 0 aliphatic carbocycles. The van der Waals surface area contributed by atoms with Gasteiger partial charge in [-0.05, 0) is 30.5 Å². The van der Waals surface area contributed by atoms with Crippen LogP contribution in [-0.2, 0) is 0 Å². The molecule has 1 aromatic carbocycles. The number of thioether (sulfide) groups is 1. The number of pyridine rings is 1. The van der Waals surface area contributed by atoms with Gasteiger partial charge in [-0.1, -0.05) is 17.7 Å². The second kappa shape index (κ2) is 5.38. The zero-order valence-corrected chi connectivity index (χ0v) is 10.6. The molecule has 0 aliphatic heterocycles. The second-order valence-corrected chi connectivity index (χ2v) is 4.66. The van der Waals surface area contributed by atoms with Crippen molar-refractivity contribution < 1.29 is 4.39 Å². The van der Waals surface area contributed by atoms with Crippen molar-refractivity contribution in [3.63, 3.8) is 0 Å². The molecule has 0 bridgehead atoms. The normalized spacial score (nSPS) is 10.3. The minimum absolute atomic E-state index is 0.174. The molecule has 2 aromatic rings. The van der Waals surface area contributed by atoms with Gasteiger partial charge in [-0.2, -0.15) is 0 Å². The molecule has 0 radical (unpaired) electrons. The van der Waals surface area contributed by atoms with Gasteiger partial charge in [-0.3, -0.25) is 0 Å². The van der Waals surface area contributed by atoms with E-state index >= 15 is 0 Å². The fourth-order valence-corrected chi connectivity index (χ4v) is 1.95. The number of hydrogen-bond donors (Lipinski definition) is 1. The molecule has 1 aromatic heterocycles. The average Bonchev–Trinajstić information content (AvgIpc) is 2.33. The quantitative estimate of drug-likeness (QED) is 0.838. The Hall–Kier alpha value is -1.26. The van der Waals surface area contributed by atoms with Crippen molar-refractivity contribution in [2.45, 2.75) is 4.90 Å². The van der Waals surface area contributed by atoms with E-state index in [1.165, 1.54) is 12.3 Å². The number of halogens is 2. The van der Waals surface area contributed by atoms with Crippen molar-refractivity contribution in [1.82, 2.24) is 4.98 Å². The largest absolute Gasteiger partial charge is 0.338 e. The molecule has 0 aliphatic rings. The summed E-state index contributed by atoms with van der Waals surface area (Å²) in [4.78, 5) is 5.01. The zero-order chi connectivity index (χ0) is 12.3. The Kier molecular flexibility index (Phi) is 3.86. The summed E-state index contributed by atoms with van der Waals surface area (Å²) in [5, 5.41) is 3.20. The Balaban J connectivity index is 2.25. The van der Waals surface area contributed by atoms with Gasteiger partial charge in [0.05, 0.1) is 5.02 Å². The number of anilines is 2. The number of nitrogens with zero attached hydrogens (tertiary/aromatic N) is 1. The van der Waals surface area contributed by atoms with Crippen molar-refractivity contribution in [2.75, 3.05) is 11.6 Å². The maximum atomic E-state index is 13.5. The van der Waals surface area contributed by atoms with Crippen LogP contribution in [0.3, 0.4) is 0 Å². The minimum Gasteiger partial charge on any atom is -0.338 e. The highest BCUT2D eigenvalue weighted by molar-refractivity contribution is 7.98. The molecule has 1 heterocycles. The lowest BCUT2D eigenvalue weighted by atomic mass is 10.3. The molecule has 88 valence electrons. The van der Waals surface area contributed by atoms with Gasteiger partial charge in [0, 0.05) is 16.8 Å². The van der Waals surface area contributed by atoms with E-state index in [1.54, 1.807) is 11.8 Å². The molecule has 0 unspecified atom stereocenters. The molecule has 0 atom stereocenters. The topological polar surface area (TPSA) is 24.9 Å². The molecule has 0 amide bonds. The van der Waals surface area contributed by atoms with Crippen LogP contribution >= 0.6 is 23.4 Å². The third kappa shape index (κ3) is 3.11. The Morgan fingerprint density at radius 1 is 1.35 bits per heavy atom. The van der Waals surface area contributed by atoms with Crippen LogP contribution in [0.4, 0.5) is 15.9 Å². The zero-order valence-electron chi connectivity index (χ0n) is 9.08. The lowest BCUT2D eigenvalue weighted by Crippen LogP contribution is -1.96. The van der Waals surface area contributed by atoms with E-state index in [9.17, 15) is 4.39 Å². The molecule has 0 spiro atoms. The van der Waals surface area contributed by atoms with Gasteiger partial charge in [-0.25, -0.2) is 9.37 Å². The van der Waals surface area contributed by atoms with E-state index in [0.717, 1.165) is 10.6 Å². The maximum absolute atomic E-state index is 13.5. The smallest absolute Gasteiger partial charge is 0.167 e. The summed E-state index contributed by atoms with van der Waals surface area (Å²) in [6.07, 6.45) is 3.39. The SMILES string of the molecule is CSc1cccc(Nc2ncc(Cl)cc2F)c1. The summed E-state index contributed by atoms with van der Waals surface area (Å²) in [5.41, 5.74) is 0.797. The first kappa shape index (κ1) is 12.2. The lowest BCUT2D eigenvalue weighted by molar-refractivity contribution is 0.626. The van der Waals surface area contributed by atoms with Gasteiger partial charge in [-0.15, -0.1) is 11.8 Å². The molecule has 1 N–H and O–H groups in total. The Labute approximate surface area is 108 Å². The van der Waals surface area contributed by atoms with E-state index in [1.807, 2.05) is 30.5 Å². The van der Waals surface area contributed by atoms with Crippen LogP contribution < -0.4 is 5.32 Å². The van der Waals surface area contributed by atoms with Crippen LogP contribution in [0.2, 0.25) is 5.02 Å². The first-order chi connectivity index (χ1) is 8.19. The van der Waals surface area contributed by atoms with Crippen LogP contribution in [0, 0.1) is 5.82 Å². The predicted molar refractivity (Wildman–Crippen MR) is 70.7 cm³/mol. The van der Waals surface area contributed by atoms with Crippen molar-refractivity contribution in [1.29, 1.82) is 0 Å². The summed E-state index contributed by atoms with van der Waals surface area (Å²) in [6.45, 7) is 0. The molecule has 2 nitrogen and oxygen atoms in total. The summed E-state index contributed by atoms with van der Waals surface area (Å²) in [7, 11) is 0. The Morgan fingerprint density at radius 2 is 2.18 bits per heavy atom. The molecule has 5 heteroatoms. The first-order valence-electron chi connectivity index (χ1n) is 4.91. The Morgan fingerprint density at radius 3 is 2.88 bits per heavy atom. The van der Waals surface area contributed by atoms with E-state index in [0.29, 0.717) is 0 Å². The van der Waals surface area contributed by atoms with Crippen molar-refractivity contribution in [2.24, 2.45) is 0 Å². The number of benzene rings is 1. The summed E-state index contributed by atoms with van der Waals surface area (Å²) in [6, 6.07) is 8.91. The van der Waals surface area contributed by atoms with Gasteiger partial charge in [0.1, 0.15) is 0 Å². The number of rotatable bonds is 3. The van der Waals surface area contributed by atoms with Gasteiger partial charge < -0.3 is 5.32 Å². The molecule has 17 heavy (non-hydrogen) atoms. The predicted octanol–water partition coefficient (Wildman–Crippen LogP) is 4.34. The fraction of sp³-hybridized carbons (Fsp3) is 0.0833. The Bertz CT molecular complexity index is 534. The third-order valence-corrected chi connectivity index (χ3v) is 3.07. The van der Waals surface area contributed by atoms with E-state index in [2.05, 4.69) is 10.3 Å². The molecule has 2 rings (SSSR count). The van der Waals surface area contributed by atoms with Gasteiger partial charge in [0.15, 0.2) is 11.6 Å². The standard InChI is InChI=1S/C12H10ClFN2S/c1-17-10-4-2-3-9(6-10)16-12-11(14)5-8(13)7-15-12/h2-7H,1H3,(H,15,16). The molecule has 0 saturated heterocycles. The molecular formula is C12H10ClFN2S. The highest BCUT2D eigenvalue weighted by Gasteiger charge is 2.05. The number of hydrogen-bond acceptors (Lipinski definition) is 3. The van der Waals surface area contributed by atoms with Gasteiger partial charge in [0.2, 0.25) is 0 Å². The van der Waals surface area contributed by atoms with Crippen molar-refractivity contribution in [3.05, 3.63) is 47.4 Å². The van der Waals surface area contributed by atoms with Crippen molar-refractivity contribution in [3.8, 4) is 0 Å². The summed E-state index contributed by atoms with van der Waals surface area (Å²) in [5.74, 6) is -0.292. The van der Waals surface area contributed by atoms with Crippen LogP contribution in [0.5, 0.6) is 0 Å². The van der Waals surface area contributed by atoms with Gasteiger partial charge in [0.25, 0.3) is 0 Å². The summed E-state index contributed by atoms with van der Waals surface area (Å²) < 4.78 is 13.5. The monoisotopic (exact) mass is 268 g/mol. The van der Waals surface area contributed by atoms with Gasteiger partial charge >= 0.3 is 0 Å². The van der Waals surface area contributed by atoms with Crippen LogP contribution in [0.1, 0.15) is 0 Å². The van der Waals surface area contributed by atoms with Crippen molar-refractivity contribution >= 4 is 34.9 Å². The van der Waals surface area contributed by atoms with E-state index in [4.69, 9.17) is 11.6 Å². The molecule has 0 fully saturated rings. The minimum atomic E-state index is -0.466. The second-order valence-electron chi connectivity index (χ2n) is 3.34. The van der Waals surface area contributed by atoms with E-state index in [-0.39, 0.29) is 10.8 Å². The fourth-order valence-electron chi connectivity index (χ4n) is 1.34. The van der Waals surface area contributed by atoms with Crippen LogP contribution in [-0.4, -0.2) is 11.2 Å². The third-order valence-electron chi connectivity index (χ3n) is 2.14. The highest BCUT2D eigenvalue weighted by Crippen LogP contribution is 2.23. The number of aromatic nitrogens is 1. The maximum Gasteiger partial charge on any atom is 0.167 e. The molecular weight excluding hydrogens is 259 g/mol. The summed E-state index contributed by atoms with van der Waals surface area (Å²) >= 11 is 7.26. The average molecular weight is 269 g/mol. The van der Waals surface area contributed by atoms with E-state index < -0.39 is 5.82 Å². The molecule has 0 saturated carbocycles. The highest BCUT2D eigenvalue weighted by atomic mass is 35.5. The first-order valence-corrected chi connectivity index (χ1v) is 6.51. The number of nitrogens with one attached hydrogen (secondary N) is 1. The van der Waals surface area contributed by atoms with Crippen LogP contribution in [0.25, 0.3) is 0 Å². The van der Waals surface area contributed by atoms with Crippen LogP contribution in [0.15, 0.2) is 41.4 Å².